The molecule has 2 aromatic rings. The van der Waals surface area contributed by atoms with Gasteiger partial charge in [-0.2, -0.15) is 0 Å². The Hall–Kier alpha value is -2.58. The molecule has 0 spiro atoms. The van der Waals surface area contributed by atoms with Crippen LogP contribution in [0.15, 0.2) is 35.7 Å². The van der Waals surface area contributed by atoms with Gasteiger partial charge in [-0.3, -0.25) is 14.5 Å². The van der Waals surface area contributed by atoms with Crippen LogP contribution in [0.4, 0.5) is 5.69 Å². The predicted molar refractivity (Wildman–Crippen MR) is 116 cm³/mol. The zero-order valence-corrected chi connectivity index (χ0v) is 17.7. The molecule has 1 aromatic heterocycles. The van der Waals surface area contributed by atoms with Crippen molar-refractivity contribution in [2.45, 2.75) is 38.3 Å². The fraction of sp³-hybridized carbons (Fsp3) is 0.455. The number of carbonyl (C=O) groups excluding carboxylic acids is 2. The van der Waals surface area contributed by atoms with Crippen molar-refractivity contribution in [1.82, 2.24) is 4.90 Å². The minimum absolute atomic E-state index is 0.00329. The standard InChI is InChI=1S/C22H27N3O4S/c23-21(26)13-16-4-1-2-8-24(16)15-22(27)25(14-18-5-3-11-30-18)17-6-7-19-20(12-17)29-10-9-28-19/h3,5-7,11-12,16H,1-2,4,8-10,13-15H2,(H2,23,26). The topological polar surface area (TPSA) is 85.1 Å². The first-order valence-corrected chi connectivity index (χ1v) is 11.2. The van der Waals surface area contributed by atoms with E-state index in [9.17, 15) is 9.59 Å². The number of likely N-dealkylation sites (tertiary alicyclic amines) is 1. The van der Waals surface area contributed by atoms with Crippen LogP contribution in [0, 0.1) is 0 Å². The van der Waals surface area contributed by atoms with Crippen LogP contribution in [0.3, 0.4) is 0 Å². The predicted octanol–water partition coefficient (Wildman–Crippen LogP) is 2.78. The van der Waals surface area contributed by atoms with E-state index in [1.165, 1.54) is 0 Å². The van der Waals surface area contributed by atoms with Crippen molar-refractivity contribution in [1.29, 1.82) is 0 Å². The monoisotopic (exact) mass is 429 g/mol. The number of ether oxygens (including phenoxy) is 2. The van der Waals surface area contributed by atoms with Gasteiger partial charge < -0.3 is 20.1 Å². The maximum atomic E-state index is 13.4. The molecule has 0 saturated carbocycles. The fourth-order valence-electron chi connectivity index (χ4n) is 4.07. The molecule has 30 heavy (non-hydrogen) atoms. The third kappa shape index (κ3) is 4.94. The summed E-state index contributed by atoms with van der Waals surface area (Å²) in [7, 11) is 0. The van der Waals surface area contributed by atoms with Crippen molar-refractivity contribution in [2.24, 2.45) is 5.73 Å². The smallest absolute Gasteiger partial charge is 0.241 e. The van der Waals surface area contributed by atoms with E-state index >= 15 is 0 Å². The van der Waals surface area contributed by atoms with E-state index in [-0.39, 0.29) is 24.4 Å². The molecule has 8 heteroatoms. The summed E-state index contributed by atoms with van der Waals surface area (Å²) in [6, 6.07) is 9.67. The molecule has 2 aliphatic rings. The van der Waals surface area contributed by atoms with Gasteiger partial charge in [-0.05, 0) is 43.0 Å². The summed E-state index contributed by atoms with van der Waals surface area (Å²) >= 11 is 1.62. The number of nitrogens with zero attached hydrogens (tertiary/aromatic N) is 2. The second-order valence-electron chi connectivity index (χ2n) is 7.68. The number of fused-ring (bicyclic) bond motifs is 1. The average Bonchev–Trinajstić information content (AvgIpc) is 3.26. The molecular formula is C22H27N3O4S. The SMILES string of the molecule is NC(=O)CC1CCCCN1CC(=O)N(Cc1cccs1)c1ccc2c(c1)OCCO2. The lowest BCUT2D eigenvalue weighted by molar-refractivity contribution is -0.123. The number of rotatable bonds is 7. The summed E-state index contributed by atoms with van der Waals surface area (Å²) in [4.78, 5) is 29.9. The van der Waals surface area contributed by atoms with Crippen molar-refractivity contribution in [3.8, 4) is 11.5 Å². The van der Waals surface area contributed by atoms with Crippen LogP contribution in [0.5, 0.6) is 11.5 Å². The molecule has 2 aliphatic heterocycles. The highest BCUT2D eigenvalue weighted by Crippen LogP contribution is 2.35. The zero-order chi connectivity index (χ0) is 20.9. The highest BCUT2D eigenvalue weighted by molar-refractivity contribution is 7.09. The van der Waals surface area contributed by atoms with Gasteiger partial charge in [0.05, 0.1) is 13.1 Å². The molecule has 2 amide bonds. The maximum absolute atomic E-state index is 13.4. The summed E-state index contributed by atoms with van der Waals surface area (Å²) in [5.41, 5.74) is 6.22. The molecular weight excluding hydrogens is 402 g/mol. The van der Waals surface area contributed by atoms with E-state index in [0.717, 1.165) is 36.4 Å². The Morgan fingerprint density at radius 1 is 1.17 bits per heavy atom. The molecule has 1 unspecified atom stereocenters. The molecule has 1 aromatic carbocycles. The van der Waals surface area contributed by atoms with Crippen molar-refractivity contribution in [3.05, 3.63) is 40.6 Å². The number of thiophene rings is 1. The Kier molecular flexibility index (Phi) is 6.54. The number of primary amides is 1. The quantitative estimate of drug-likeness (QED) is 0.732. The van der Waals surface area contributed by atoms with Crippen molar-refractivity contribution in [2.75, 3.05) is 31.2 Å². The van der Waals surface area contributed by atoms with Crippen LogP contribution < -0.4 is 20.1 Å². The lowest BCUT2D eigenvalue weighted by Crippen LogP contribution is -2.48. The van der Waals surface area contributed by atoms with Crippen LogP contribution in [-0.4, -0.2) is 49.1 Å². The van der Waals surface area contributed by atoms with Gasteiger partial charge in [0.2, 0.25) is 11.8 Å². The average molecular weight is 430 g/mol. The lowest BCUT2D eigenvalue weighted by atomic mass is 9.99. The molecule has 1 atom stereocenters. The van der Waals surface area contributed by atoms with Gasteiger partial charge >= 0.3 is 0 Å². The summed E-state index contributed by atoms with van der Waals surface area (Å²) in [6.07, 6.45) is 3.27. The van der Waals surface area contributed by atoms with Gasteiger partial charge in [0.15, 0.2) is 11.5 Å². The van der Waals surface area contributed by atoms with Gasteiger partial charge in [0.25, 0.3) is 0 Å². The molecule has 0 bridgehead atoms. The highest BCUT2D eigenvalue weighted by Gasteiger charge is 2.28. The van der Waals surface area contributed by atoms with Crippen LogP contribution >= 0.6 is 11.3 Å². The number of amides is 2. The molecule has 4 rings (SSSR count). The highest BCUT2D eigenvalue weighted by atomic mass is 32.1. The van der Waals surface area contributed by atoms with E-state index < -0.39 is 0 Å². The number of carbonyl (C=O) groups is 2. The minimum atomic E-state index is -0.318. The Balaban J connectivity index is 1.56. The summed E-state index contributed by atoms with van der Waals surface area (Å²) in [5.74, 6) is 1.04. The van der Waals surface area contributed by atoms with Crippen LogP contribution in [0.25, 0.3) is 0 Å². The summed E-state index contributed by atoms with van der Waals surface area (Å²) < 4.78 is 11.3. The van der Waals surface area contributed by atoms with Crippen LogP contribution in [0.2, 0.25) is 0 Å². The van der Waals surface area contributed by atoms with Gasteiger partial charge in [0.1, 0.15) is 13.2 Å². The lowest BCUT2D eigenvalue weighted by Gasteiger charge is -2.36. The third-order valence-electron chi connectivity index (χ3n) is 5.56. The van der Waals surface area contributed by atoms with Crippen molar-refractivity contribution < 1.29 is 19.1 Å². The molecule has 1 fully saturated rings. The number of hydrogen-bond acceptors (Lipinski definition) is 6. The molecule has 3 heterocycles. The third-order valence-corrected chi connectivity index (χ3v) is 6.42. The van der Waals surface area contributed by atoms with Gasteiger partial charge in [0, 0.05) is 29.1 Å². The Labute approximate surface area is 180 Å². The molecule has 2 N–H and O–H groups in total. The first-order chi connectivity index (χ1) is 14.6. The molecule has 0 radical (unpaired) electrons. The van der Waals surface area contributed by atoms with E-state index in [2.05, 4.69) is 4.90 Å². The first-order valence-electron chi connectivity index (χ1n) is 10.3. The number of benzene rings is 1. The van der Waals surface area contributed by atoms with Crippen molar-refractivity contribution in [3.63, 3.8) is 0 Å². The molecule has 7 nitrogen and oxygen atoms in total. The Bertz CT molecular complexity index is 887. The molecule has 160 valence electrons. The second kappa shape index (κ2) is 9.49. The number of piperidine rings is 1. The number of hydrogen-bond donors (Lipinski definition) is 1. The van der Waals surface area contributed by atoms with E-state index in [4.69, 9.17) is 15.2 Å². The molecule has 1 saturated heterocycles. The zero-order valence-electron chi connectivity index (χ0n) is 16.9. The number of nitrogens with two attached hydrogens (primary N) is 1. The van der Waals surface area contributed by atoms with Crippen molar-refractivity contribution >= 4 is 28.8 Å². The fourth-order valence-corrected chi connectivity index (χ4v) is 4.77. The normalized spacial score (nSPS) is 18.7. The van der Waals surface area contributed by atoms with E-state index in [1.807, 2.05) is 35.7 Å². The van der Waals surface area contributed by atoms with E-state index in [1.54, 1.807) is 16.2 Å². The van der Waals surface area contributed by atoms with Gasteiger partial charge in [-0.25, -0.2) is 0 Å². The first kappa shape index (κ1) is 20.7. The van der Waals surface area contributed by atoms with Gasteiger partial charge in [-0.15, -0.1) is 11.3 Å². The largest absolute Gasteiger partial charge is 0.486 e. The Morgan fingerprint density at radius 2 is 2.00 bits per heavy atom. The van der Waals surface area contributed by atoms with Gasteiger partial charge in [-0.1, -0.05) is 12.5 Å². The Morgan fingerprint density at radius 3 is 2.77 bits per heavy atom. The molecule has 0 aliphatic carbocycles. The summed E-state index contributed by atoms with van der Waals surface area (Å²) in [5, 5.41) is 2.01. The number of anilines is 1. The summed E-state index contributed by atoms with van der Waals surface area (Å²) in [6.45, 7) is 2.58. The van der Waals surface area contributed by atoms with Crippen LogP contribution in [-0.2, 0) is 16.1 Å². The second-order valence-corrected chi connectivity index (χ2v) is 8.71. The van der Waals surface area contributed by atoms with Crippen LogP contribution in [0.1, 0.15) is 30.6 Å². The minimum Gasteiger partial charge on any atom is -0.486 e. The maximum Gasteiger partial charge on any atom is 0.241 e. The van der Waals surface area contributed by atoms with E-state index in [0.29, 0.717) is 37.7 Å².